The minimum atomic E-state index is -2.60. The van der Waals surface area contributed by atoms with Crippen LogP contribution in [0.25, 0.3) is 0 Å². The minimum Gasteiger partial charge on any atom is -0.475 e. The molecule has 0 aromatic carbocycles. The maximum Gasteiger partial charge on any atom is 0.280 e. The molecule has 0 saturated carbocycles. The molecule has 1 aromatic rings. The van der Waals surface area contributed by atoms with E-state index in [0.29, 0.717) is 0 Å². The van der Waals surface area contributed by atoms with Gasteiger partial charge in [0.25, 0.3) is 6.43 Å². The summed E-state index contributed by atoms with van der Waals surface area (Å²) >= 11 is 0. The summed E-state index contributed by atoms with van der Waals surface area (Å²) in [5, 5.41) is 8.41. The van der Waals surface area contributed by atoms with Crippen LogP contribution in [0.2, 0.25) is 0 Å². The number of pyridine rings is 1. The second-order valence-electron chi connectivity index (χ2n) is 2.27. The third-order valence-corrected chi connectivity index (χ3v) is 1.31. The molecule has 1 heterocycles. The Kier molecular flexibility index (Phi) is 3.57. The highest BCUT2D eigenvalue weighted by Gasteiger charge is 2.08. The molecule has 0 amide bonds. The number of ether oxygens (including phenoxy) is 1. The van der Waals surface area contributed by atoms with E-state index >= 15 is 0 Å². The number of aliphatic hydroxyl groups excluding tert-OH is 1. The van der Waals surface area contributed by atoms with Crippen LogP contribution in [0.15, 0.2) is 18.2 Å². The van der Waals surface area contributed by atoms with E-state index < -0.39 is 6.43 Å². The van der Waals surface area contributed by atoms with Crippen molar-refractivity contribution in [1.82, 2.24) is 4.98 Å². The van der Waals surface area contributed by atoms with E-state index in [4.69, 9.17) is 9.84 Å². The summed E-state index contributed by atoms with van der Waals surface area (Å²) < 4.78 is 29.1. The van der Waals surface area contributed by atoms with Crippen molar-refractivity contribution in [1.29, 1.82) is 0 Å². The summed E-state index contributed by atoms with van der Waals surface area (Å²) in [6, 6.07) is 4.11. The molecule has 0 saturated heterocycles. The molecule has 0 bridgehead atoms. The zero-order valence-corrected chi connectivity index (χ0v) is 6.78. The molecular formula is C8H9F2NO2. The van der Waals surface area contributed by atoms with Crippen molar-refractivity contribution in [2.75, 3.05) is 13.2 Å². The van der Waals surface area contributed by atoms with Crippen LogP contribution in [0.5, 0.6) is 5.88 Å². The van der Waals surface area contributed by atoms with Gasteiger partial charge in [-0.25, -0.2) is 13.8 Å². The van der Waals surface area contributed by atoms with Crippen molar-refractivity contribution in [2.45, 2.75) is 6.43 Å². The van der Waals surface area contributed by atoms with Crippen LogP contribution in [0.3, 0.4) is 0 Å². The first kappa shape index (κ1) is 9.85. The maximum atomic E-state index is 12.1. The lowest BCUT2D eigenvalue weighted by Gasteiger charge is -2.04. The first-order valence-corrected chi connectivity index (χ1v) is 3.73. The molecule has 0 radical (unpaired) electrons. The van der Waals surface area contributed by atoms with Crippen LogP contribution >= 0.6 is 0 Å². The normalized spacial score (nSPS) is 10.5. The molecule has 3 nitrogen and oxygen atoms in total. The van der Waals surface area contributed by atoms with Crippen LogP contribution in [0.1, 0.15) is 12.1 Å². The second-order valence-corrected chi connectivity index (χ2v) is 2.27. The van der Waals surface area contributed by atoms with Crippen LogP contribution in [-0.4, -0.2) is 23.3 Å². The topological polar surface area (TPSA) is 42.4 Å². The van der Waals surface area contributed by atoms with Crippen molar-refractivity contribution >= 4 is 0 Å². The van der Waals surface area contributed by atoms with Gasteiger partial charge in [0.1, 0.15) is 12.3 Å². The molecule has 72 valence electrons. The summed E-state index contributed by atoms with van der Waals surface area (Å²) in [7, 11) is 0. The van der Waals surface area contributed by atoms with Gasteiger partial charge in [-0.05, 0) is 6.07 Å². The van der Waals surface area contributed by atoms with Crippen LogP contribution in [0, 0.1) is 0 Å². The molecule has 0 unspecified atom stereocenters. The molecule has 0 aliphatic carbocycles. The van der Waals surface area contributed by atoms with E-state index in [9.17, 15) is 8.78 Å². The molecule has 0 aliphatic heterocycles. The number of alkyl halides is 2. The van der Waals surface area contributed by atoms with E-state index in [1.807, 2.05) is 0 Å². The predicted molar refractivity (Wildman–Crippen MR) is 41.8 cm³/mol. The first-order valence-electron chi connectivity index (χ1n) is 3.73. The average Bonchev–Trinajstić information content (AvgIpc) is 2.15. The number of halogens is 2. The molecule has 1 rings (SSSR count). The molecule has 5 heteroatoms. The number of hydrogen-bond donors (Lipinski definition) is 1. The van der Waals surface area contributed by atoms with E-state index in [1.54, 1.807) is 0 Å². The molecule has 13 heavy (non-hydrogen) atoms. The fourth-order valence-electron chi connectivity index (χ4n) is 0.783. The van der Waals surface area contributed by atoms with Gasteiger partial charge in [0.2, 0.25) is 5.88 Å². The van der Waals surface area contributed by atoms with Crippen molar-refractivity contribution in [2.24, 2.45) is 0 Å². The fraction of sp³-hybridized carbons (Fsp3) is 0.375. The Balaban J connectivity index is 2.68. The van der Waals surface area contributed by atoms with Gasteiger partial charge in [0.15, 0.2) is 0 Å². The highest BCUT2D eigenvalue weighted by atomic mass is 19.3. The van der Waals surface area contributed by atoms with Crippen LogP contribution in [0.4, 0.5) is 8.78 Å². The van der Waals surface area contributed by atoms with Gasteiger partial charge in [-0.1, -0.05) is 6.07 Å². The molecule has 0 aliphatic rings. The summed E-state index contributed by atoms with van der Waals surface area (Å²) in [4.78, 5) is 3.53. The zero-order valence-electron chi connectivity index (χ0n) is 6.78. The Labute approximate surface area is 74.0 Å². The number of aromatic nitrogens is 1. The molecular weight excluding hydrogens is 180 g/mol. The molecule has 0 atom stereocenters. The van der Waals surface area contributed by atoms with Gasteiger partial charge in [-0.15, -0.1) is 0 Å². The highest BCUT2D eigenvalue weighted by molar-refractivity contribution is 5.16. The number of rotatable bonds is 4. The smallest absolute Gasteiger partial charge is 0.280 e. The maximum absolute atomic E-state index is 12.1. The largest absolute Gasteiger partial charge is 0.475 e. The van der Waals surface area contributed by atoms with Crippen molar-refractivity contribution < 1.29 is 18.6 Å². The van der Waals surface area contributed by atoms with Crippen molar-refractivity contribution in [3.8, 4) is 5.88 Å². The summed E-state index contributed by atoms with van der Waals surface area (Å²) in [5.41, 5.74) is -0.324. The SMILES string of the molecule is OCCOc1cccc(C(F)F)n1. The quantitative estimate of drug-likeness (QED) is 0.778. The second kappa shape index (κ2) is 4.71. The van der Waals surface area contributed by atoms with Crippen molar-refractivity contribution in [3.63, 3.8) is 0 Å². The van der Waals surface area contributed by atoms with Gasteiger partial charge >= 0.3 is 0 Å². The van der Waals surface area contributed by atoms with E-state index in [-0.39, 0.29) is 24.8 Å². The van der Waals surface area contributed by atoms with E-state index in [0.717, 1.165) is 0 Å². The van der Waals surface area contributed by atoms with Crippen LogP contribution in [-0.2, 0) is 0 Å². The Morgan fingerprint density at radius 2 is 2.23 bits per heavy atom. The lowest BCUT2D eigenvalue weighted by molar-refractivity contribution is 0.143. The van der Waals surface area contributed by atoms with Gasteiger partial charge in [0.05, 0.1) is 6.61 Å². The average molecular weight is 189 g/mol. The van der Waals surface area contributed by atoms with Gasteiger partial charge in [-0.2, -0.15) is 0 Å². The molecule has 1 aromatic heterocycles. The van der Waals surface area contributed by atoms with Crippen LogP contribution < -0.4 is 4.74 Å². The molecule has 0 fully saturated rings. The van der Waals surface area contributed by atoms with Crippen molar-refractivity contribution in [3.05, 3.63) is 23.9 Å². The molecule has 1 N–H and O–H groups in total. The van der Waals surface area contributed by atoms with E-state index in [2.05, 4.69) is 4.98 Å². The Bertz CT molecular complexity index is 268. The minimum absolute atomic E-state index is 0.0552. The zero-order chi connectivity index (χ0) is 9.68. The van der Waals surface area contributed by atoms with E-state index in [1.165, 1.54) is 18.2 Å². The lowest BCUT2D eigenvalue weighted by atomic mass is 10.3. The first-order chi connectivity index (χ1) is 6.24. The fourth-order valence-corrected chi connectivity index (χ4v) is 0.783. The highest BCUT2D eigenvalue weighted by Crippen LogP contribution is 2.18. The Morgan fingerprint density at radius 1 is 1.46 bits per heavy atom. The third kappa shape index (κ3) is 2.95. The summed E-state index contributed by atoms with van der Waals surface area (Å²) in [6.07, 6.45) is -2.60. The summed E-state index contributed by atoms with van der Waals surface area (Å²) in [6.45, 7) is -0.111. The Morgan fingerprint density at radius 3 is 2.85 bits per heavy atom. The number of hydrogen-bond acceptors (Lipinski definition) is 3. The van der Waals surface area contributed by atoms with Gasteiger partial charge < -0.3 is 9.84 Å². The summed E-state index contributed by atoms with van der Waals surface area (Å²) in [5.74, 6) is 0.104. The van der Waals surface area contributed by atoms with Gasteiger partial charge in [0, 0.05) is 6.07 Å². The molecule has 0 spiro atoms. The third-order valence-electron chi connectivity index (χ3n) is 1.31. The van der Waals surface area contributed by atoms with Gasteiger partial charge in [-0.3, -0.25) is 0 Å². The predicted octanol–water partition coefficient (Wildman–Crippen LogP) is 1.39. The number of nitrogens with zero attached hydrogens (tertiary/aromatic N) is 1. The monoisotopic (exact) mass is 189 g/mol. The number of aliphatic hydroxyl groups is 1. The Hall–Kier alpha value is -1.23. The lowest BCUT2D eigenvalue weighted by Crippen LogP contribution is -2.03. The standard InChI is InChI=1S/C8H9F2NO2/c9-8(10)6-2-1-3-7(11-6)13-5-4-12/h1-3,8,12H,4-5H2.